The van der Waals surface area contributed by atoms with E-state index in [4.69, 9.17) is 0 Å². The summed E-state index contributed by atoms with van der Waals surface area (Å²) in [6, 6.07) is 0. The Morgan fingerprint density at radius 2 is 1.90 bits per heavy atom. The van der Waals surface area contributed by atoms with Gasteiger partial charge in [-0.25, -0.2) is 0 Å². The zero-order valence-electron chi connectivity index (χ0n) is 7.91. The van der Waals surface area contributed by atoms with Crippen LogP contribution in [-0.4, -0.2) is 0 Å². The van der Waals surface area contributed by atoms with Gasteiger partial charge in [-0.1, -0.05) is 47.5 Å². The summed E-state index contributed by atoms with van der Waals surface area (Å²) >= 11 is 0. The molecule has 0 heterocycles. The lowest BCUT2D eigenvalue weighted by Crippen LogP contribution is -2.20. The van der Waals surface area contributed by atoms with Gasteiger partial charge in [-0.2, -0.15) is 0 Å². The van der Waals surface area contributed by atoms with Crippen LogP contribution in [0.2, 0.25) is 0 Å². The molecule has 0 N–H and O–H groups in total. The minimum absolute atomic E-state index is 0.440. The molecule has 0 spiro atoms. The maximum Gasteiger partial charge on any atom is -0.0329 e. The molecule has 1 unspecified atom stereocenters. The molecule has 10 heavy (non-hydrogen) atoms. The summed E-state index contributed by atoms with van der Waals surface area (Å²) in [6.45, 7) is 13.1. The largest absolute Gasteiger partial charge is 0.0654 e. The standard InChI is InChI=1S/C10H21/c1-6-8-9(3)10(4,5)7-2/h9H,2,6-8H2,1,3-5H3. The van der Waals surface area contributed by atoms with Crippen LogP contribution in [0.1, 0.15) is 47.0 Å². The highest BCUT2D eigenvalue weighted by atomic mass is 14.3. The Morgan fingerprint density at radius 1 is 1.40 bits per heavy atom. The summed E-state index contributed by atoms with van der Waals surface area (Å²) in [4.78, 5) is 0. The molecule has 0 aliphatic carbocycles. The molecule has 61 valence electrons. The molecule has 0 fully saturated rings. The van der Waals surface area contributed by atoms with Crippen LogP contribution in [-0.2, 0) is 0 Å². The monoisotopic (exact) mass is 141 g/mol. The van der Waals surface area contributed by atoms with Crippen LogP contribution in [0.15, 0.2) is 0 Å². The van der Waals surface area contributed by atoms with Gasteiger partial charge in [0.1, 0.15) is 0 Å². The van der Waals surface area contributed by atoms with E-state index in [1.807, 2.05) is 0 Å². The van der Waals surface area contributed by atoms with Crippen LogP contribution in [0.25, 0.3) is 0 Å². The average molecular weight is 141 g/mol. The highest BCUT2D eigenvalue weighted by molar-refractivity contribution is 4.75. The number of rotatable bonds is 4. The summed E-state index contributed by atoms with van der Waals surface area (Å²) in [7, 11) is 0. The van der Waals surface area contributed by atoms with Crippen molar-refractivity contribution in [3.63, 3.8) is 0 Å². The fourth-order valence-electron chi connectivity index (χ4n) is 1.07. The van der Waals surface area contributed by atoms with Crippen LogP contribution in [0.3, 0.4) is 0 Å². The molecular formula is C10H21. The summed E-state index contributed by atoms with van der Waals surface area (Å²) in [6.07, 6.45) is 3.68. The maximum absolute atomic E-state index is 3.96. The van der Waals surface area contributed by atoms with Crippen molar-refractivity contribution < 1.29 is 0 Å². The average Bonchev–Trinajstić information content (AvgIpc) is 1.89. The van der Waals surface area contributed by atoms with Gasteiger partial charge in [0.15, 0.2) is 0 Å². The predicted molar refractivity (Wildman–Crippen MR) is 47.8 cm³/mol. The topological polar surface area (TPSA) is 0 Å². The number of hydrogen-bond acceptors (Lipinski definition) is 0. The van der Waals surface area contributed by atoms with Crippen molar-refractivity contribution in [1.29, 1.82) is 0 Å². The third-order valence-corrected chi connectivity index (χ3v) is 2.70. The normalized spacial score (nSPS) is 15.3. The molecule has 0 aromatic heterocycles. The Balaban J connectivity index is 3.78. The Kier molecular flexibility index (Phi) is 4.00. The lowest BCUT2D eigenvalue weighted by Gasteiger charge is -2.30. The molecule has 0 heteroatoms. The van der Waals surface area contributed by atoms with Crippen LogP contribution >= 0.6 is 0 Å². The van der Waals surface area contributed by atoms with Gasteiger partial charge in [0.2, 0.25) is 0 Å². The third kappa shape index (κ3) is 2.72. The highest BCUT2D eigenvalue weighted by Gasteiger charge is 2.22. The van der Waals surface area contributed by atoms with Gasteiger partial charge < -0.3 is 0 Å². The molecule has 0 saturated carbocycles. The molecule has 0 aliphatic heterocycles. The summed E-state index contributed by atoms with van der Waals surface area (Å²) in [5.74, 6) is 0.815. The SMILES string of the molecule is [CH2]CC(C)(C)C(C)CCC. The Bertz CT molecular complexity index is 82.0. The van der Waals surface area contributed by atoms with Crippen molar-refractivity contribution in [2.45, 2.75) is 47.0 Å². The van der Waals surface area contributed by atoms with Crippen molar-refractivity contribution in [3.05, 3.63) is 6.92 Å². The quantitative estimate of drug-likeness (QED) is 0.560. The van der Waals surface area contributed by atoms with Gasteiger partial charge in [0.25, 0.3) is 0 Å². The van der Waals surface area contributed by atoms with E-state index in [2.05, 4.69) is 34.6 Å². The maximum atomic E-state index is 3.96. The van der Waals surface area contributed by atoms with Gasteiger partial charge in [-0.15, -0.1) is 0 Å². The first-order chi connectivity index (χ1) is 4.54. The van der Waals surface area contributed by atoms with Crippen molar-refractivity contribution in [1.82, 2.24) is 0 Å². The van der Waals surface area contributed by atoms with Crippen molar-refractivity contribution in [2.75, 3.05) is 0 Å². The first-order valence-corrected chi connectivity index (χ1v) is 4.33. The van der Waals surface area contributed by atoms with Crippen molar-refractivity contribution in [3.8, 4) is 0 Å². The fraction of sp³-hybridized carbons (Fsp3) is 0.900. The lowest BCUT2D eigenvalue weighted by molar-refractivity contribution is 0.218. The van der Waals surface area contributed by atoms with Gasteiger partial charge in [-0.05, 0) is 17.8 Å². The van der Waals surface area contributed by atoms with Gasteiger partial charge in [0.05, 0.1) is 0 Å². The number of hydrogen-bond donors (Lipinski definition) is 0. The predicted octanol–water partition coefficient (Wildman–Crippen LogP) is 3.67. The van der Waals surface area contributed by atoms with Gasteiger partial charge in [-0.3, -0.25) is 0 Å². The highest BCUT2D eigenvalue weighted by Crippen LogP contribution is 2.32. The second-order valence-electron chi connectivity index (χ2n) is 3.93. The molecule has 1 radical (unpaired) electrons. The van der Waals surface area contributed by atoms with E-state index in [-0.39, 0.29) is 0 Å². The minimum Gasteiger partial charge on any atom is -0.0654 e. The molecule has 0 nitrogen and oxygen atoms in total. The van der Waals surface area contributed by atoms with E-state index in [0.717, 1.165) is 12.3 Å². The third-order valence-electron chi connectivity index (χ3n) is 2.70. The first-order valence-electron chi connectivity index (χ1n) is 4.33. The van der Waals surface area contributed by atoms with E-state index in [1.165, 1.54) is 12.8 Å². The zero-order chi connectivity index (χ0) is 8.20. The molecule has 0 aromatic rings. The second kappa shape index (κ2) is 4.00. The molecule has 1 atom stereocenters. The van der Waals surface area contributed by atoms with Crippen molar-refractivity contribution >= 4 is 0 Å². The van der Waals surface area contributed by atoms with Crippen LogP contribution in [0.4, 0.5) is 0 Å². The summed E-state index contributed by atoms with van der Waals surface area (Å²) in [5, 5.41) is 0. The van der Waals surface area contributed by atoms with E-state index >= 15 is 0 Å². The second-order valence-corrected chi connectivity index (χ2v) is 3.93. The Labute approximate surface area is 66.0 Å². The zero-order valence-corrected chi connectivity index (χ0v) is 7.91. The van der Waals surface area contributed by atoms with E-state index in [9.17, 15) is 0 Å². The Morgan fingerprint density at radius 3 is 2.20 bits per heavy atom. The molecule has 0 aliphatic rings. The molecular weight excluding hydrogens is 120 g/mol. The van der Waals surface area contributed by atoms with E-state index < -0.39 is 0 Å². The van der Waals surface area contributed by atoms with Crippen LogP contribution < -0.4 is 0 Å². The smallest absolute Gasteiger partial charge is 0.0329 e. The van der Waals surface area contributed by atoms with Gasteiger partial charge >= 0.3 is 0 Å². The van der Waals surface area contributed by atoms with Crippen LogP contribution in [0, 0.1) is 18.3 Å². The van der Waals surface area contributed by atoms with Gasteiger partial charge in [0, 0.05) is 0 Å². The van der Waals surface area contributed by atoms with Crippen molar-refractivity contribution in [2.24, 2.45) is 11.3 Å². The Hall–Kier alpha value is 0. The molecule has 0 aromatic carbocycles. The van der Waals surface area contributed by atoms with E-state index in [0.29, 0.717) is 5.41 Å². The fourth-order valence-corrected chi connectivity index (χ4v) is 1.07. The summed E-state index contributed by atoms with van der Waals surface area (Å²) in [5.41, 5.74) is 0.440. The summed E-state index contributed by atoms with van der Waals surface area (Å²) < 4.78 is 0. The molecule has 0 saturated heterocycles. The molecule has 0 amide bonds. The van der Waals surface area contributed by atoms with Crippen LogP contribution in [0.5, 0.6) is 0 Å². The lowest BCUT2D eigenvalue weighted by atomic mass is 9.76. The molecule has 0 bridgehead atoms. The van der Waals surface area contributed by atoms with E-state index in [1.54, 1.807) is 0 Å². The minimum atomic E-state index is 0.440. The first kappa shape index (κ1) is 10.0. The molecule has 0 rings (SSSR count).